The minimum absolute atomic E-state index is 0.133. The van der Waals surface area contributed by atoms with Crippen LogP contribution in [-0.4, -0.2) is 15.6 Å². The Morgan fingerprint density at radius 2 is 1.89 bits per heavy atom. The second-order valence-electron chi connectivity index (χ2n) is 5.28. The van der Waals surface area contributed by atoms with Gasteiger partial charge in [-0.25, -0.2) is 4.79 Å². The molecule has 1 rings (SSSR count). The predicted molar refractivity (Wildman–Crippen MR) is 78.6 cm³/mol. The van der Waals surface area contributed by atoms with Gasteiger partial charge in [0.2, 0.25) is 0 Å². The number of hydrogen-bond acceptors (Lipinski definition) is 4. The molecule has 0 saturated heterocycles. The molecule has 0 amide bonds. The first kappa shape index (κ1) is 15.3. The lowest BCUT2D eigenvalue weighted by molar-refractivity contribution is 0.527. The summed E-state index contributed by atoms with van der Waals surface area (Å²) in [7, 11) is 0. The molecule has 1 aromatic heterocycles. The van der Waals surface area contributed by atoms with E-state index in [4.69, 9.17) is 5.73 Å². The predicted octanol–water partition coefficient (Wildman–Crippen LogP) is 1.38. The van der Waals surface area contributed by atoms with E-state index in [1.54, 1.807) is 0 Å². The zero-order chi connectivity index (χ0) is 14.6. The highest BCUT2D eigenvalue weighted by Crippen LogP contribution is 2.14. The van der Waals surface area contributed by atoms with Crippen LogP contribution in [0.25, 0.3) is 0 Å². The second-order valence-corrected chi connectivity index (χ2v) is 5.28. The minimum atomic E-state index is -0.467. The van der Waals surface area contributed by atoms with Crippen molar-refractivity contribution < 1.29 is 0 Å². The number of aromatic amines is 1. The standard InChI is InChI=1S/C13H24N4O2/c1-5-17-11(14)10(12(18)16-13(17)19)15-9(4)7-6-8(2)3/h8-9,15H,5-7,14H2,1-4H3,(H,16,18,19). The summed E-state index contributed by atoms with van der Waals surface area (Å²) in [4.78, 5) is 25.6. The zero-order valence-electron chi connectivity index (χ0n) is 12.1. The third-order valence-corrected chi connectivity index (χ3v) is 3.12. The molecule has 4 N–H and O–H groups in total. The molecule has 0 aliphatic rings. The molecule has 1 heterocycles. The van der Waals surface area contributed by atoms with Gasteiger partial charge < -0.3 is 11.1 Å². The molecule has 6 heteroatoms. The fourth-order valence-electron chi connectivity index (χ4n) is 1.94. The SMILES string of the molecule is CCn1c(N)c(NC(C)CCC(C)C)c(=O)[nH]c1=O. The van der Waals surface area contributed by atoms with Gasteiger partial charge in [0, 0.05) is 12.6 Å². The first-order valence-corrected chi connectivity index (χ1v) is 6.75. The Morgan fingerprint density at radius 1 is 1.26 bits per heavy atom. The average molecular weight is 268 g/mol. The van der Waals surface area contributed by atoms with Crippen LogP contribution in [0.3, 0.4) is 0 Å². The third kappa shape index (κ3) is 3.87. The number of nitrogens with one attached hydrogen (secondary N) is 2. The van der Waals surface area contributed by atoms with Gasteiger partial charge in [-0.3, -0.25) is 14.3 Å². The van der Waals surface area contributed by atoms with Crippen molar-refractivity contribution in [2.45, 2.75) is 53.1 Å². The fraction of sp³-hybridized carbons (Fsp3) is 0.692. The summed E-state index contributed by atoms with van der Waals surface area (Å²) in [5.74, 6) is 0.817. The van der Waals surface area contributed by atoms with Gasteiger partial charge in [-0.05, 0) is 32.6 Å². The first-order chi connectivity index (χ1) is 8.86. The number of nitrogen functional groups attached to an aromatic ring is 1. The topological polar surface area (TPSA) is 92.9 Å². The molecule has 0 aromatic carbocycles. The van der Waals surface area contributed by atoms with Crippen LogP contribution in [-0.2, 0) is 6.54 Å². The molecule has 0 aliphatic heterocycles. The van der Waals surface area contributed by atoms with Crippen molar-refractivity contribution in [1.82, 2.24) is 9.55 Å². The number of hydrogen-bond donors (Lipinski definition) is 3. The van der Waals surface area contributed by atoms with Gasteiger partial charge in [-0.15, -0.1) is 0 Å². The normalized spacial score (nSPS) is 12.7. The molecule has 0 radical (unpaired) electrons. The number of nitrogens with zero attached hydrogens (tertiary/aromatic N) is 1. The van der Waals surface area contributed by atoms with Gasteiger partial charge in [-0.1, -0.05) is 13.8 Å². The Hall–Kier alpha value is -1.72. The van der Waals surface area contributed by atoms with Crippen LogP contribution in [0.15, 0.2) is 9.59 Å². The van der Waals surface area contributed by atoms with Crippen molar-refractivity contribution in [2.24, 2.45) is 5.92 Å². The van der Waals surface area contributed by atoms with E-state index in [-0.39, 0.29) is 17.5 Å². The Labute approximate surface area is 113 Å². The maximum absolute atomic E-state index is 11.8. The van der Waals surface area contributed by atoms with Crippen LogP contribution in [0, 0.1) is 5.92 Å². The van der Waals surface area contributed by atoms with Crippen molar-refractivity contribution in [3.63, 3.8) is 0 Å². The number of anilines is 2. The van der Waals surface area contributed by atoms with Crippen LogP contribution in [0.2, 0.25) is 0 Å². The number of nitrogens with two attached hydrogens (primary N) is 1. The summed E-state index contributed by atoms with van der Waals surface area (Å²) in [6, 6.07) is 0.133. The largest absolute Gasteiger partial charge is 0.383 e. The van der Waals surface area contributed by atoms with Gasteiger partial charge in [0.15, 0.2) is 0 Å². The summed E-state index contributed by atoms with van der Waals surface area (Å²) in [6.45, 7) is 8.55. The van der Waals surface area contributed by atoms with E-state index >= 15 is 0 Å². The second kappa shape index (κ2) is 6.45. The Bertz CT molecular complexity index is 530. The van der Waals surface area contributed by atoms with Crippen molar-refractivity contribution in [2.75, 3.05) is 11.1 Å². The van der Waals surface area contributed by atoms with E-state index in [1.165, 1.54) is 4.57 Å². The van der Waals surface area contributed by atoms with E-state index < -0.39 is 11.2 Å². The van der Waals surface area contributed by atoms with E-state index in [9.17, 15) is 9.59 Å². The molecule has 108 valence electrons. The average Bonchev–Trinajstić information content (AvgIpc) is 2.32. The quantitative estimate of drug-likeness (QED) is 0.726. The van der Waals surface area contributed by atoms with E-state index in [1.807, 2.05) is 13.8 Å². The molecule has 19 heavy (non-hydrogen) atoms. The molecule has 6 nitrogen and oxygen atoms in total. The Kier molecular flexibility index (Phi) is 5.20. The molecular weight excluding hydrogens is 244 g/mol. The monoisotopic (exact) mass is 268 g/mol. The number of H-pyrrole nitrogens is 1. The smallest absolute Gasteiger partial charge is 0.330 e. The maximum atomic E-state index is 11.8. The van der Waals surface area contributed by atoms with Gasteiger partial charge in [-0.2, -0.15) is 0 Å². The highest BCUT2D eigenvalue weighted by molar-refractivity contribution is 5.60. The molecule has 1 unspecified atom stereocenters. The summed E-state index contributed by atoms with van der Waals surface area (Å²) < 4.78 is 1.35. The molecule has 0 saturated carbocycles. The van der Waals surface area contributed by atoms with Crippen molar-refractivity contribution >= 4 is 11.5 Å². The lowest BCUT2D eigenvalue weighted by Crippen LogP contribution is -2.35. The van der Waals surface area contributed by atoms with Gasteiger partial charge in [0.25, 0.3) is 5.56 Å². The molecule has 0 aliphatic carbocycles. The lowest BCUT2D eigenvalue weighted by Gasteiger charge is -2.18. The number of rotatable bonds is 6. The Balaban J connectivity index is 2.95. The number of aromatic nitrogens is 2. The Morgan fingerprint density at radius 3 is 2.42 bits per heavy atom. The van der Waals surface area contributed by atoms with Crippen LogP contribution < -0.4 is 22.3 Å². The summed E-state index contributed by atoms with van der Waals surface area (Å²) in [5.41, 5.74) is 5.25. The van der Waals surface area contributed by atoms with Gasteiger partial charge >= 0.3 is 5.69 Å². The summed E-state index contributed by atoms with van der Waals surface area (Å²) >= 11 is 0. The maximum Gasteiger partial charge on any atom is 0.330 e. The molecule has 1 aromatic rings. The summed E-state index contributed by atoms with van der Waals surface area (Å²) in [5, 5.41) is 3.11. The fourth-order valence-corrected chi connectivity index (χ4v) is 1.94. The van der Waals surface area contributed by atoms with Crippen molar-refractivity contribution in [3.05, 3.63) is 20.8 Å². The molecule has 0 spiro atoms. The third-order valence-electron chi connectivity index (χ3n) is 3.12. The highest BCUT2D eigenvalue weighted by atomic mass is 16.2. The summed E-state index contributed by atoms with van der Waals surface area (Å²) in [6.07, 6.45) is 2.02. The molecule has 1 atom stereocenters. The molecule has 0 bridgehead atoms. The highest BCUT2D eigenvalue weighted by Gasteiger charge is 2.13. The zero-order valence-corrected chi connectivity index (χ0v) is 12.1. The lowest BCUT2D eigenvalue weighted by atomic mass is 10.0. The van der Waals surface area contributed by atoms with Gasteiger partial charge in [0.05, 0.1) is 0 Å². The molecule has 0 fully saturated rings. The van der Waals surface area contributed by atoms with Crippen LogP contribution in [0.1, 0.15) is 40.5 Å². The van der Waals surface area contributed by atoms with E-state index in [0.29, 0.717) is 12.5 Å². The minimum Gasteiger partial charge on any atom is -0.383 e. The van der Waals surface area contributed by atoms with Crippen molar-refractivity contribution in [3.8, 4) is 0 Å². The first-order valence-electron chi connectivity index (χ1n) is 6.75. The van der Waals surface area contributed by atoms with E-state index in [2.05, 4.69) is 24.1 Å². The van der Waals surface area contributed by atoms with Crippen LogP contribution in [0.5, 0.6) is 0 Å². The van der Waals surface area contributed by atoms with Gasteiger partial charge in [0.1, 0.15) is 11.5 Å². The van der Waals surface area contributed by atoms with Crippen LogP contribution in [0.4, 0.5) is 11.5 Å². The van der Waals surface area contributed by atoms with Crippen molar-refractivity contribution in [1.29, 1.82) is 0 Å². The van der Waals surface area contributed by atoms with Crippen LogP contribution >= 0.6 is 0 Å². The molecular formula is C13H24N4O2. The van der Waals surface area contributed by atoms with E-state index in [0.717, 1.165) is 12.8 Å².